The average molecular weight is 349 g/mol. The van der Waals surface area contributed by atoms with Crippen molar-refractivity contribution in [3.05, 3.63) is 29.8 Å². The zero-order valence-electron chi connectivity index (χ0n) is 13.3. The van der Waals surface area contributed by atoms with Crippen LogP contribution in [0.15, 0.2) is 24.3 Å². The Morgan fingerprint density at radius 1 is 1.14 bits per heavy atom. The van der Waals surface area contributed by atoms with Crippen LogP contribution in [0.3, 0.4) is 0 Å². The van der Waals surface area contributed by atoms with Gasteiger partial charge in [0, 0.05) is 0 Å². The minimum absolute atomic E-state index is 0.168. The van der Waals surface area contributed by atoms with Crippen molar-refractivity contribution in [2.75, 3.05) is 0 Å². The Morgan fingerprint density at radius 3 is 2.09 bits per heavy atom. The van der Waals surface area contributed by atoms with E-state index in [0.717, 1.165) is 18.6 Å². The minimum atomic E-state index is -2.61. The van der Waals surface area contributed by atoms with Crippen LogP contribution in [0, 0.1) is 0 Å². The van der Waals surface area contributed by atoms with Gasteiger partial charge in [0.1, 0.15) is 11.9 Å². The van der Waals surface area contributed by atoms with Crippen LogP contribution in [0.5, 0.6) is 5.75 Å². The summed E-state index contributed by atoms with van der Waals surface area (Å²) in [6.07, 6.45) is 4.80. The Hall–Kier alpha value is -0.620. The second-order valence-corrected chi connectivity index (χ2v) is 7.48. The lowest BCUT2D eigenvalue weighted by molar-refractivity contribution is 0.159. The molecule has 1 aromatic rings. The lowest BCUT2D eigenvalue weighted by atomic mass is 9.87. The molecular weight excluding hydrogens is 324 g/mol. The van der Waals surface area contributed by atoms with E-state index < -0.39 is 11.4 Å². The zero-order valence-corrected chi connectivity index (χ0v) is 14.9. The molecule has 0 radical (unpaired) electrons. The third-order valence-electron chi connectivity index (χ3n) is 3.63. The first-order valence-corrected chi connectivity index (χ1v) is 8.91. The SMILES string of the molecule is CC(C)(C)c1ccc(OC2CCCCC2Cl)cc1.O=S(O)O. The summed E-state index contributed by atoms with van der Waals surface area (Å²) in [5, 5.41) is 0.168. The Balaban J connectivity index is 0.000000541. The predicted molar refractivity (Wildman–Crippen MR) is 91.1 cm³/mol. The Morgan fingerprint density at radius 2 is 1.64 bits per heavy atom. The largest absolute Gasteiger partial charge is 0.489 e. The molecule has 0 saturated heterocycles. The predicted octanol–water partition coefficient (Wildman–Crippen LogP) is 4.59. The summed E-state index contributed by atoms with van der Waals surface area (Å²) < 4.78 is 28.8. The highest BCUT2D eigenvalue weighted by atomic mass is 35.5. The molecule has 4 nitrogen and oxygen atoms in total. The Labute approximate surface area is 140 Å². The van der Waals surface area contributed by atoms with Crippen LogP contribution in [-0.2, 0) is 16.8 Å². The van der Waals surface area contributed by atoms with E-state index in [0.29, 0.717) is 0 Å². The highest BCUT2D eigenvalue weighted by Gasteiger charge is 2.24. The summed E-state index contributed by atoms with van der Waals surface area (Å²) in [6, 6.07) is 8.44. The van der Waals surface area contributed by atoms with Gasteiger partial charge >= 0.3 is 0 Å². The van der Waals surface area contributed by atoms with Crippen LogP contribution in [-0.4, -0.2) is 24.8 Å². The summed E-state index contributed by atoms with van der Waals surface area (Å²) in [7, 11) is 0. The van der Waals surface area contributed by atoms with Gasteiger partial charge in [0.15, 0.2) is 0 Å². The van der Waals surface area contributed by atoms with Crippen LogP contribution in [0.2, 0.25) is 0 Å². The van der Waals surface area contributed by atoms with Gasteiger partial charge in [-0.3, -0.25) is 9.11 Å². The van der Waals surface area contributed by atoms with E-state index in [4.69, 9.17) is 29.7 Å². The third kappa shape index (κ3) is 7.09. The lowest BCUT2D eigenvalue weighted by Gasteiger charge is -2.28. The second-order valence-electron chi connectivity index (χ2n) is 6.46. The van der Waals surface area contributed by atoms with Crippen molar-refractivity contribution in [3.8, 4) is 5.75 Å². The van der Waals surface area contributed by atoms with E-state index in [1.165, 1.54) is 18.4 Å². The van der Waals surface area contributed by atoms with Crippen LogP contribution < -0.4 is 4.74 Å². The molecule has 22 heavy (non-hydrogen) atoms. The summed E-state index contributed by atoms with van der Waals surface area (Å²) in [4.78, 5) is 0. The molecule has 1 aliphatic carbocycles. The summed E-state index contributed by atoms with van der Waals surface area (Å²) in [5.74, 6) is 0.945. The maximum absolute atomic E-state index is 8.67. The topological polar surface area (TPSA) is 66.8 Å². The molecule has 2 N–H and O–H groups in total. The monoisotopic (exact) mass is 348 g/mol. The van der Waals surface area contributed by atoms with Gasteiger partial charge in [-0.15, -0.1) is 11.6 Å². The van der Waals surface area contributed by atoms with Crippen molar-refractivity contribution in [3.63, 3.8) is 0 Å². The zero-order chi connectivity index (χ0) is 16.8. The van der Waals surface area contributed by atoms with Crippen molar-refractivity contribution in [2.45, 2.75) is 63.4 Å². The van der Waals surface area contributed by atoms with E-state index in [9.17, 15) is 0 Å². The van der Waals surface area contributed by atoms with Gasteiger partial charge in [0.25, 0.3) is 11.4 Å². The first-order valence-electron chi connectivity index (χ1n) is 7.41. The van der Waals surface area contributed by atoms with Gasteiger partial charge in [-0.1, -0.05) is 39.3 Å². The van der Waals surface area contributed by atoms with Gasteiger partial charge in [-0.25, -0.2) is 0 Å². The standard InChI is InChI=1S/C16H23ClO.H2O3S/c1-16(2,3)12-8-10-13(11-9-12)18-15-7-5-4-6-14(15)17;1-4(2)3/h8-11,14-15H,4-7H2,1-3H3;(H2,1,2,3). The van der Waals surface area contributed by atoms with E-state index >= 15 is 0 Å². The van der Waals surface area contributed by atoms with Crippen molar-refractivity contribution in [1.29, 1.82) is 0 Å². The van der Waals surface area contributed by atoms with Crippen molar-refractivity contribution >= 4 is 23.0 Å². The number of ether oxygens (including phenoxy) is 1. The highest BCUT2D eigenvalue weighted by molar-refractivity contribution is 7.73. The maximum atomic E-state index is 8.67. The Bertz CT molecular complexity index is 466. The minimum Gasteiger partial charge on any atom is -0.489 e. The fourth-order valence-electron chi connectivity index (χ4n) is 2.39. The molecule has 0 aliphatic heterocycles. The molecule has 2 unspecified atom stereocenters. The number of hydrogen-bond acceptors (Lipinski definition) is 2. The average Bonchev–Trinajstić information content (AvgIpc) is 2.40. The molecule has 0 spiro atoms. The molecule has 1 saturated carbocycles. The number of hydrogen-bond donors (Lipinski definition) is 2. The smallest absolute Gasteiger partial charge is 0.299 e. The summed E-state index contributed by atoms with van der Waals surface area (Å²) in [5.41, 5.74) is 1.53. The van der Waals surface area contributed by atoms with Gasteiger partial charge in [0.2, 0.25) is 0 Å². The van der Waals surface area contributed by atoms with Crippen molar-refractivity contribution in [1.82, 2.24) is 0 Å². The number of halogens is 1. The van der Waals surface area contributed by atoms with Crippen molar-refractivity contribution in [2.24, 2.45) is 0 Å². The van der Waals surface area contributed by atoms with Crippen LogP contribution in [0.25, 0.3) is 0 Å². The van der Waals surface area contributed by atoms with E-state index in [-0.39, 0.29) is 16.9 Å². The lowest BCUT2D eigenvalue weighted by Crippen LogP contribution is -2.30. The van der Waals surface area contributed by atoms with Gasteiger partial charge in [-0.2, -0.15) is 4.21 Å². The summed E-state index contributed by atoms with van der Waals surface area (Å²) >= 11 is 3.70. The molecule has 0 aromatic heterocycles. The molecule has 1 aromatic carbocycles. The third-order valence-corrected chi connectivity index (χ3v) is 4.13. The van der Waals surface area contributed by atoms with E-state index in [2.05, 4.69) is 45.0 Å². The molecule has 0 bridgehead atoms. The van der Waals surface area contributed by atoms with Gasteiger partial charge < -0.3 is 4.74 Å². The normalized spacial score (nSPS) is 22.0. The fourth-order valence-corrected chi connectivity index (χ4v) is 2.72. The van der Waals surface area contributed by atoms with E-state index in [1.54, 1.807) is 0 Å². The molecule has 0 amide bonds. The molecule has 126 valence electrons. The number of benzene rings is 1. The van der Waals surface area contributed by atoms with Gasteiger partial charge in [-0.05, 0) is 42.4 Å². The van der Waals surface area contributed by atoms with Crippen LogP contribution in [0.4, 0.5) is 0 Å². The molecule has 1 aliphatic rings. The molecule has 2 atom stereocenters. The Kier molecular flexibility index (Phi) is 7.83. The van der Waals surface area contributed by atoms with Crippen LogP contribution in [0.1, 0.15) is 52.0 Å². The number of alkyl halides is 1. The second kappa shape index (κ2) is 8.87. The van der Waals surface area contributed by atoms with Crippen molar-refractivity contribution < 1.29 is 18.1 Å². The molecule has 2 rings (SSSR count). The van der Waals surface area contributed by atoms with Crippen LogP contribution >= 0.6 is 11.6 Å². The first kappa shape index (κ1) is 19.4. The molecule has 1 fully saturated rings. The molecular formula is C16H25ClO4S. The maximum Gasteiger partial charge on any atom is 0.299 e. The first-order chi connectivity index (χ1) is 10.2. The fraction of sp³-hybridized carbons (Fsp3) is 0.625. The molecule has 0 heterocycles. The quantitative estimate of drug-likeness (QED) is 0.605. The number of rotatable bonds is 2. The summed E-state index contributed by atoms with van der Waals surface area (Å²) in [6.45, 7) is 6.66. The molecule has 6 heteroatoms. The van der Waals surface area contributed by atoms with E-state index in [1.807, 2.05) is 0 Å². The highest BCUT2D eigenvalue weighted by Crippen LogP contribution is 2.29. The van der Waals surface area contributed by atoms with Gasteiger partial charge in [0.05, 0.1) is 5.38 Å².